The monoisotopic (exact) mass is 314 g/mol. The van der Waals surface area contributed by atoms with Gasteiger partial charge in [0.25, 0.3) is 5.91 Å². The predicted molar refractivity (Wildman–Crippen MR) is 82.2 cm³/mol. The third kappa shape index (κ3) is 4.26. The molecule has 118 valence electrons. The van der Waals surface area contributed by atoms with Crippen LogP contribution in [0.15, 0.2) is 17.0 Å². The van der Waals surface area contributed by atoms with Crippen LogP contribution in [-0.2, 0) is 0 Å². The third-order valence-corrected chi connectivity index (χ3v) is 4.13. The normalized spacial score (nSPS) is 10.6. The van der Waals surface area contributed by atoms with Gasteiger partial charge in [-0.25, -0.2) is 9.79 Å². The van der Waals surface area contributed by atoms with Crippen LogP contribution in [0.1, 0.15) is 30.6 Å². The number of hydrogen-bond acceptors (Lipinski definition) is 6. The van der Waals surface area contributed by atoms with Gasteiger partial charge in [-0.05, 0) is 30.5 Å². The molecule has 0 heterocycles. The molecule has 0 atom stereocenters. The first-order valence-electron chi connectivity index (χ1n) is 6.75. The molecular formula is C14H22N2O4S. The number of hydrogen-bond donors (Lipinski definition) is 2. The summed E-state index contributed by atoms with van der Waals surface area (Å²) < 4.78 is 12.6. The van der Waals surface area contributed by atoms with E-state index in [2.05, 4.69) is 18.2 Å². The fourth-order valence-corrected chi connectivity index (χ4v) is 3.00. The number of hydroxylamine groups is 1. The first-order valence-corrected chi connectivity index (χ1v) is 7.52. The summed E-state index contributed by atoms with van der Waals surface area (Å²) in [4.78, 5) is 12.7. The van der Waals surface area contributed by atoms with Crippen LogP contribution in [0, 0.1) is 0 Å². The maximum atomic E-state index is 12.0. The highest BCUT2D eigenvalue weighted by molar-refractivity contribution is 7.97. The number of benzene rings is 1. The molecule has 0 radical (unpaired) electrons. The smallest absolute Gasteiger partial charge is 0.279 e. The first-order chi connectivity index (χ1) is 10.1. The van der Waals surface area contributed by atoms with E-state index in [9.17, 15) is 4.79 Å². The second-order valence-corrected chi connectivity index (χ2v) is 5.37. The minimum atomic E-state index is -0.624. The molecule has 0 unspecified atom stereocenters. The zero-order chi connectivity index (χ0) is 15.8. The Kier molecular flexibility index (Phi) is 7.35. The van der Waals surface area contributed by atoms with Crippen LogP contribution in [0.25, 0.3) is 0 Å². The van der Waals surface area contributed by atoms with Gasteiger partial charge >= 0.3 is 0 Å². The average molecular weight is 314 g/mol. The SMILES string of the molecule is CCCN(CC)Sc1ccc(OC)c(OC)c1C(=O)NO. The summed E-state index contributed by atoms with van der Waals surface area (Å²) in [5, 5.41) is 8.97. The van der Waals surface area contributed by atoms with Gasteiger partial charge in [-0.1, -0.05) is 13.8 Å². The van der Waals surface area contributed by atoms with Gasteiger partial charge in [0, 0.05) is 18.0 Å². The number of rotatable bonds is 8. The van der Waals surface area contributed by atoms with Crippen molar-refractivity contribution in [1.82, 2.24) is 9.79 Å². The third-order valence-electron chi connectivity index (χ3n) is 2.89. The fourth-order valence-electron chi connectivity index (χ4n) is 1.91. The molecule has 0 aromatic heterocycles. The molecule has 7 heteroatoms. The summed E-state index contributed by atoms with van der Waals surface area (Å²) in [5.74, 6) is 0.126. The van der Waals surface area contributed by atoms with E-state index in [0.717, 1.165) is 19.5 Å². The minimum absolute atomic E-state index is 0.263. The lowest BCUT2D eigenvalue weighted by atomic mass is 10.1. The standard InChI is InChI=1S/C14H22N2O4S/c1-5-9-16(6-2)21-11-8-7-10(19-3)13(20-4)12(11)14(17)15-18/h7-8,18H,5-6,9H2,1-4H3,(H,15,17). The van der Waals surface area contributed by atoms with E-state index in [1.165, 1.54) is 26.2 Å². The van der Waals surface area contributed by atoms with Crippen molar-refractivity contribution in [3.05, 3.63) is 17.7 Å². The molecule has 6 nitrogen and oxygen atoms in total. The largest absolute Gasteiger partial charge is 0.493 e. The summed E-state index contributed by atoms with van der Waals surface area (Å²) >= 11 is 1.46. The number of amides is 1. The molecule has 21 heavy (non-hydrogen) atoms. The van der Waals surface area contributed by atoms with Crippen LogP contribution in [0.5, 0.6) is 11.5 Å². The number of carbonyl (C=O) groups is 1. The van der Waals surface area contributed by atoms with Crippen molar-refractivity contribution >= 4 is 17.9 Å². The lowest BCUT2D eigenvalue weighted by Gasteiger charge is -2.21. The van der Waals surface area contributed by atoms with Crippen molar-refractivity contribution in [2.45, 2.75) is 25.2 Å². The Labute approximate surface area is 129 Å². The number of nitrogens with zero attached hydrogens (tertiary/aromatic N) is 1. The van der Waals surface area contributed by atoms with Gasteiger partial charge in [-0.2, -0.15) is 0 Å². The molecular weight excluding hydrogens is 292 g/mol. The Balaban J connectivity index is 3.27. The minimum Gasteiger partial charge on any atom is -0.493 e. The lowest BCUT2D eigenvalue weighted by molar-refractivity contribution is 0.0699. The van der Waals surface area contributed by atoms with E-state index in [1.807, 2.05) is 0 Å². The van der Waals surface area contributed by atoms with Gasteiger partial charge in [0.15, 0.2) is 11.5 Å². The quantitative estimate of drug-likeness (QED) is 0.436. The van der Waals surface area contributed by atoms with Crippen LogP contribution < -0.4 is 15.0 Å². The van der Waals surface area contributed by atoms with Gasteiger partial charge in [-0.15, -0.1) is 0 Å². The van der Waals surface area contributed by atoms with Gasteiger partial charge in [0.1, 0.15) is 5.56 Å². The van der Waals surface area contributed by atoms with Crippen molar-refractivity contribution in [2.75, 3.05) is 27.3 Å². The van der Waals surface area contributed by atoms with Crippen LogP contribution in [0.4, 0.5) is 0 Å². The lowest BCUT2D eigenvalue weighted by Crippen LogP contribution is -2.22. The summed E-state index contributed by atoms with van der Waals surface area (Å²) in [7, 11) is 2.96. The second kappa shape index (κ2) is 8.76. The number of nitrogens with one attached hydrogen (secondary N) is 1. The van der Waals surface area contributed by atoms with Crippen LogP contribution in [-0.4, -0.2) is 42.7 Å². The van der Waals surface area contributed by atoms with Gasteiger partial charge in [-0.3, -0.25) is 10.0 Å². The molecule has 0 saturated carbocycles. The van der Waals surface area contributed by atoms with E-state index in [-0.39, 0.29) is 5.56 Å². The molecule has 2 N–H and O–H groups in total. The van der Waals surface area contributed by atoms with E-state index in [4.69, 9.17) is 14.7 Å². The predicted octanol–water partition coefficient (Wildman–Crippen LogP) is 2.56. The Morgan fingerprint density at radius 2 is 2.05 bits per heavy atom. The maximum absolute atomic E-state index is 12.0. The zero-order valence-corrected chi connectivity index (χ0v) is 13.6. The fraction of sp³-hybridized carbons (Fsp3) is 0.500. The number of ether oxygens (including phenoxy) is 2. The molecule has 0 fully saturated rings. The Hall–Kier alpha value is -1.44. The van der Waals surface area contributed by atoms with Crippen LogP contribution in [0.3, 0.4) is 0 Å². The van der Waals surface area contributed by atoms with E-state index >= 15 is 0 Å². The van der Waals surface area contributed by atoms with E-state index < -0.39 is 5.91 Å². The summed E-state index contributed by atoms with van der Waals surface area (Å²) in [5.41, 5.74) is 1.93. The van der Waals surface area contributed by atoms with Crippen LogP contribution in [0.2, 0.25) is 0 Å². The summed E-state index contributed by atoms with van der Waals surface area (Å²) in [6.07, 6.45) is 1.01. The van der Waals surface area contributed by atoms with Gasteiger partial charge < -0.3 is 9.47 Å². The van der Waals surface area contributed by atoms with E-state index in [1.54, 1.807) is 17.6 Å². The molecule has 0 aliphatic rings. The molecule has 0 saturated heterocycles. The Morgan fingerprint density at radius 1 is 1.33 bits per heavy atom. The highest BCUT2D eigenvalue weighted by Gasteiger charge is 2.22. The second-order valence-electron chi connectivity index (χ2n) is 4.23. The molecule has 1 aromatic carbocycles. The molecule has 0 aliphatic heterocycles. The molecule has 0 spiro atoms. The summed E-state index contributed by atoms with van der Waals surface area (Å²) in [6.45, 7) is 5.89. The van der Waals surface area contributed by atoms with Crippen LogP contribution >= 0.6 is 11.9 Å². The highest BCUT2D eigenvalue weighted by Crippen LogP contribution is 2.38. The Bertz CT molecular complexity index is 482. The van der Waals surface area contributed by atoms with Crippen molar-refractivity contribution < 1.29 is 19.5 Å². The topological polar surface area (TPSA) is 71.0 Å². The van der Waals surface area contributed by atoms with Crippen molar-refractivity contribution in [3.8, 4) is 11.5 Å². The van der Waals surface area contributed by atoms with Gasteiger partial charge in [0.05, 0.1) is 14.2 Å². The molecule has 0 bridgehead atoms. The molecule has 1 rings (SSSR count). The summed E-state index contributed by atoms with van der Waals surface area (Å²) in [6, 6.07) is 3.53. The number of methoxy groups -OCH3 is 2. The molecule has 1 aromatic rings. The highest BCUT2D eigenvalue weighted by atomic mass is 32.2. The number of carbonyl (C=O) groups excluding carboxylic acids is 1. The van der Waals surface area contributed by atoms with E-state index in [0.29, 0.717) is 16.4 Å². The van der Waals surface area contributed by atoms with Crippen molar-refractivity contribution in [3.63, 3.8) is 0 Å². The van der Waals surface area contributed by atoms with Crippen molar-refractivity contribution in [1.29, 1.82) is 0 Å². The molecule has 0 aliphatic carbocycles. The average Bonchev–Trinajstić information content (AvgIpc) is 2.52. The first kappa shape index (κ1) is 17.6. The van der Waals surface area contributed by atoms with Crippen molar-refractivity contribution in [2.24, 2.45) is 0 Å². The van der Waals surface area contributed by atoms with Gasteiger partial charge in [0.2, 0.25) is 0 Å². The molecule has 1 amide bonds. The maximum Gasteiger partial charge on any atom is 0.279 e. The Morgan fingerprint density at radius 3 is 2.52 bits per heavy atom. The zero-order valence-electron chi connectivity index (χ0n) is 12.8.